The minimum Gasteiger partial charge on any atom is -0.347 e. The van der Waals surface area contributed by atoms with Crippen LogP contribution < -0.4 is 4.90 Å². The Morgan fingerprint density at radius 1 is 1.07 bits per heavy atom. The van der Waals surface area contributed by atoms with Crippen molar-refractivity contribution in [3.8, 4) is 6.19 Å². The summed E-state index contributed by atoms with van der Waals surface area (Å²) in [6, 6.07) is 18.5. The van der Waals surface area contributed by atoms with Gasteiger partial charge in [0.25, 0.3) is 0 Å². The van der Waals surface area contributed by atoms with Gasteiger partial charge in [-0.15, -0.1) is 4.99 Å². The highest BCUT2D eigenvalue weighted by Crippen LogP contribution is 2.46. The Labute approximate surface area is 169 Å². The zero-order chi connectivity index (χ0) is 19.7. The van der Waals surface area contributed by atoms with E-state index >= 15 is 0 Å². The van der Waals surface area contributed by atoms with Crippen molar-refractivity contribution in [1.82, 2.24) is 0 Å². The second-order valence-electron chi connectivity index (χ2n) is 7.21. The topological polar surface area (TPSA) is 51.8 Å². The molecule has 0 unspecified atom stereocenters. The van der Waals surface area contributed by atoms with Crippen molar-refractivity contribution in [1.29, 1.82) is 5.26 Å². The number of likely N-dealkylation sites (N-methyl/N-ethyl adjacent to an activating group) is 1. The first-order chi connectivity index (χ1) is 13.5. The van der Waals surface area contributed by atoms with E-state index in [1.165, 1.54) is 28.7 Å². The van der Waals surface area contributed by atoms with Crippen LogP contribution >= 0.6 is 11.8 Å². The molecule has 4 nitrogen and oxygen atoms in total. The standard InChI is InChI=1S/C23H20N4S/c1-23(2)17-11-7-8-12-18(17)27(3)20(23)14-13-19-21(16-9-5-4-6-10-16)26-22(28-19)25-15-24/h4-14H,1-3H3/b19-13+,20-14-,25-22?. The van der Waals surface area contributed by atoms with Crippen molar-refractivity contribution in [2.75, 3.05) is 11.9 Å². The molecule has 0 saturated heterocycles. The largest absolute Gasteiger partial charge is 0.347 e. The summed E-state index contributed by atoms with van der Waals surface area (Å²) in [5.41, 5.74) is 5.57. The Bertz CT molecular complexity index is 1090. The maximum atomic E-state index is 8.92. The minimum absolute atomic E-state index is 0.0840. The van der Waals surface area contributed by atoms with Gasteiger partial charge in [-0.25, -0.2) is 4.99 Å². The van der Waals surface area contributed by atoms with Crippen LogP contribution in [0.3, 0.4) is 0 Å². The Balaban J connectivity index is 1.76. The lowest BCUT2D eigenvalue weighted by Gasteiger charge is -2.23. The Morgan fingerprint density at radius 2 is 1.79 bits per heavy atom. The maximum absolute atomic E-state index is 8.92. The van der Waals surface area contributed by atoms with Crippen LogP contribution in [0, 0.1) is 11.5 Å². The number of nitrogens with zero attached hydrogens (tertiary/aromatic N) is 4. The normalized spacial score (nSPS) is 21.9. The molecule has 0 radical (unpaired) electrons. The maximum Gasteiger partial charge on any atom is 0.208 e. The first-order valence-corrected chi connectivity index (χ1v) is 9.89. The van der Waals surface area contributed by atoms with Crippen LogP contribution in [0.15, 0.2) is 87.3 Å². The van der Waals surface area contributed by atoms with Gasteiger partial charge in [-0.05, 0) is 35.5 Å². The number of nitriles is 1. The first kappa shape index (κ1) is 18.3. The summed E-state index contributed by atoms with van der Waals surface area (Å²) in [7, 11) is 2.11. The molecule has 28 heavy (non-hydrogen) atoms. The van der Waals surface area contributed by atoms with Gasteiger partial charge < -0.3 is 4.90 Å². The van der Waals surface area contributed by atoms with Crippen LogP contribution in [0.25, 0.3) is 0 Å². The van der Waals surface area contributed by atoms with Crippen molar-refractivity contribution >= 4 is 28.3 Å². The molecule has 0 aromatic heterocycles. The number of para-hydroxylation sites is 1. The summed E-state index contributed by atoms with van der Waals surface area (Å²) >= 11 is 1.43. The smallest absolute Gasteiger partial charge is 0.208 e. The number of hydrogen-bond donors (Lipinski definition) is 0. The van der Waals surface area contributed by atoms with Gasteiger partial charge in [-0.1, -0.05) is 62.4 Å². The van der Waals surface area contributed by atoms with Crippen LogP contribution in [0.2, 0.25) is 0 Å². The van der Waals surface area contributed by atoms with Crippen LogP contribution in [0.5, 0.6) is 0 Å². The third-order valence-electron chi connectivity index (χ3n) is 5.17. The number of thioether (sulfide) groups is 1. The molecule has 2 aromatic carbocycles. The summed E-state index contributed by atoms with van der Waals surface area (Å²) in [6.45, 7) is 4.49. The number of aliphatic imine (C=N–C) groups is 2. The predicted molar refractivity (Wildman–Crippen MR) is 118 cm³/mol. The molecule has 2 aliphatic heterocycles. The lowest BCUT2D eigenvalue weighted by Crippen LogP contribution is -2.22. The van der Waals surface area contributed by atoms with Crippen LogP contribution in [0.1, 0.15) is 25.0 Å². The average molecular weight is 385 g/mol. The van der Waals surface area contributed by atoms with Gasteiger partial charge in [0.05, 0.1) is 5.71 Å². The summed E-state index contributed by atoms with van der Waals surface area (Å²) in [5, 5.41) is 9.40. The molecule has 2 heterocycles. The molecule has 138 valence electrons. The van der Waals surface area contributed by atoms with Crippen molar-refractivity contribution in [3.63, 3.8) is 0 Å². The Hall–Kier alpha value is -3.10. The predicted octanol–water partition coefficient (Wildman–Crippen LogP) is 5.25. The molecule has 0 spiro atoms. The molecule has 0 amide bonds. The Morgan fingerprint density at radius 3 is 2.50 bits per heavy atom. The molecule has 2 aliphatic rings. The van der Waals surface area contributed by atoms with Crippen molar-refractivity contribution in [2.45, 2.75) is 19.3 Å². The van der Waals surface area contributed by atoms with Crippen molar-refractivity contribution in [3.05, 3.63) is 88.5 Å². The number of benzene rings is 2. The first-order valence-electron chi connectivity index (χ1n) is 9.07. The molecule has 0 fully saturated rings. The van der Waals surface area contributed by atoms with Crippen LogP contribution in [-0.4, -0.2) is 17.9 Å². The fourth-order valence-corrected chi connectivity index (χ4v) is 4.60. The van der Waals surface area contributed by atoms with E-state index in [2.05, 4.69) is 72.2 Å². The molecule has 0 saturated carbocycles. The summed E-state index contributed by atoms with van der Waals surface area (Å²) in [4.78, 5) is 11.6. The number of amidine groups is 1. The van der Waals surface area contributed by atoms with E-state index in [0.29, 0.717) is 5.17 Å². The van der Waals surface area contributed by atoms with E-state index in [4.69, 9.17) is 5.26 Å². The molecule has 4 rings (SSSR count). The monoisotopic (exact) mass is 384 g/mol. The van der Waals surface area contributed by atoms with E-state index < -0.39 is 0 Å². The number of anilines is 1. The van der Waals surface area contributed by atoms with Gasteiger partial charge in [-0.3, -0.25) is 0 Å². The lowest BCUT2D eigenvalue weighted by atomic mass is 9.84. The summed E-state index contributed by atoms with van der Waals surface area (Å²) < 4.78 is 0. The van der Waals surface area contributed by atoms with Crippen LogP contribution in [-0.2, 0) is 5.41 Å². The summed E-state index contributed by atoms with van der Waals surface area (Å²) in [5.74, 6) is 0. The third-order valence-corrected chi connectivity index (χ3v) is 6.08. The number of fused-ring (bicyclic) bond motifs is 1. The molecule has 2 aromatic rings. The molecule has 0 bridgehead atoms. The van der Waals surface area contributed by atoms with Crippen molar-refractivity contribution < 1.29 is 0 Å². The highest BCUT2D eigenvalue weighted by Gasteiger charge is 2.37. The van der Waals surface area contributed by atoms with E-state index in [9.17, 15) is 0 Å². The highest BCUT2D eigenvalue weighted by atomic mass is 32.2. The average Bonchev–Trinajstić information content (AvgIpc) is 3.19. The van der Waals surface area contributed by atoms with Gasteiger partial charge in [0.1, 0.15) is 0 Å². The SMILES string of the molecule is CN1/C(=C\C=C2\SC(=NC#N)N=C2c2ccccc2)C(C)(C)c2ccccc21. The highest BCUT2D eigenvalue weighted by molar-refractivity contribution is 8.18. The van der Waals surface area contributed by atoms with Crippen molar-refractivity contribution in [2.24, 2.45) is 9.98 Å². The molecular formula is C23H20N4S. The zero-order valence-corrected chi connectivity index (χ0v) is 16.9. The quantitative estimate of drug-likeness (QED) is 0.664. The van der Waals surface area contributed by atoms with Gasteiger partial charge in [-0.2, -0.15) is 5.26 Å². The molecule has 5 heteroatoms. The number of allylic oxidation sites excluding steroid dienone is 4. The third kappa shape index (κ3) is 3.06. The number of hydrogen-bond acceptors (Lipinski definition) is 4. The van der Waals surface area contributed by atoms with Gasteiger partial charge in [0.2, 0.25) is 11.4 Å². The molecule has 0 atom stereocenters. The van der Waals surface area contributed by atoms with Gasteiger partial charge >= 0.3 is 0 Å². The van der Waals surface area contributed by atoms with Gasteiger partial charge in [0.15, 0.2) is 0 Å². The molecule has 0 aliphatic carbocycles. The van der Waals surface area contributed by atoms with E-state index in [1.54, 1.807) is 0 Å². The molecule has 0 N–H and O–H groups in total. The van der Waals surface area contributed by atoms with E-state index in [1.807, 2.05) is 36.5 Å². The van der Waals surface area contributed by atoms with Crippen LogP contribution in [0.4, 0.5) is 5.69 Å². The second kappa shape index (κ2) is 7.14. The number of rotatable bonds is 2. The second-order valence-corrected chi connectivity index (χ2v) is 8.22. The summed E-state index contributed by atoms with van der Waals surface area (Å²) in [6.07, 6.45) is 6.10. The van der Waals surface area contributed by atoms with E-state index in [0.717, 1.165) is 16.2 Å². The van der Waals surface area contributed by atoms with E-state index in [-0.39, 0.29) is 5.41 Å². The fourth-order valence-electron chi connectivity index (χ4n) is 3.78. The molecular weight excluding hydrogens is 364 g/mol. The fraction of sp³-hybridized carbons (Fsp3) is 0.174. The van der Waals surface area contributed by atoms with Gasteiger partial charge in [0, 0.05) is 34.3 Å². The lowest BCUT2D eigenvalue weighted by molar-refractivity contribution is 0.640. The Kier molecular flexibility index (Phi) is 4.66. The zero-order valence-electron chi connectivity index (χ0n) is 16.0. The minimum atomic E-state index is -0.0840.